The average molecular weight is 437 g/mol. The number of rotatable bonds is 7. The van der Waals surface area contributed by atoms with Gasteiger partial charge >= 0.3 is 6.03 Å². The second kappa shape index (κ2) is 10.4. The molecule has 5 nitrogen and oxygen atoms in total. The Hall–Kier alpha value is -2.33. The van der Waals surface area contributed by atoms with Gasteiger partial charge in [-0.15, -0.1) is 0 Å². The SMILES string of the molecule is CC(NC(=O)N(CCN(C)C)Cc1ccc(C#N)cc1)c1cc(F)c(Cl)cc1Cl. The van der Waals surface area contributed by atoms with Gasteiger partial charge in [0.15, 0.2) is 0 Å². The molecular formula is C21H23Cl2FN4O. The first-order chi connectivity index (χ1) is 13.7. The largest absolute Gasteiger partial charge is 0.331 e. The number of carbonyl (C=O) groups is 1. The van der Waals surface area contributed by atoms with Crippen molar-refractivity contribution in [2.24, 2.45) is 0 Å². The van der Waals surface area contributed by atoms with Gasteiger partial charge in [0.2, 0.25) is 0 Å². The van der Waals surface area contributed by atoms with Crippen molar-refractivity contribution in [1.29, 1.82) is 5.26 Å². The van der Waals surface area contributed by atoms with Gasteiger partial charge < -0.3 is 15.1 Å². The molecule has 0 saturated carbocycles. The number of hydrogen-bond acceptors (Lipinski definition) is 3. The standard InChI is InChI=1S/C21H23Cl2FN4O/c1-14(17-10-20(24)19(23)11-18(17)22)26-21(29)28(9-8-27(2)3)13-16-6-4-15(12-25)5-7-16/h4-7,10-11,14H,8-9,13H2,1-3H3,(H,26,29). The van der Waals surface area contributed by atoms with Crippen molar-refractivity contribution in [2.45, 2.75) is 19.5 Å². The molecule has 0 aliphatic carbocycles. The van der Waals surface area contributed by atoms with Crippen LogP contribution < -0.4 is 5.32 Å². The van der Waals surface area contributed by atoms with Crippen molar-refractivity contribution >= 4 is 29.2 Å². The number of amides is 2. The van der Waals surface area contributed by atoms with E-state index in [1.165, 1.54) is 12.1 Å². The van der Waals surface area contributed by atoms with Crippen molar-refractivity contribution in [3.05, 3.63) is 69.0 Å². The quantitative estimate of drug-likeness (QED) is 0.631. The number of hydrogen-bond donors (Lipinski definition) is 1. The Morgan fingerprint density at radius 2 is 1.83 bits per heavy atom. The Morgan fingerprint density at radius 3 is 2.41 bits per heavy atom. The molecule has 1 atom stereocenters. The van der Waals surface area contributed by atoms with Crippen LogP contribution in [-0.4, -0.2) is 43.0 Å². The molecule has 1 N–H and O–H groups in total. The van der Waals surface area contributed by atoms with E-state index in [1.807, 2.05) is 31.1 Å². The summed E-state index contributed by atoms with van der Waals surface area (Å²) in [5.41, 5.74) is 1.92. The van der Waals surface area contributed by atoms with Crippen molar-refractivity contribution in [3.8, 4) is 6.07 Å². The van der Waals surface area contributed by atoms with Crippen LogP contribution in [0.4, 0.5) is 9.18 Å². The third kappa shape index (κ3) is 6.60. The molecule has 0 fully saturated rings. The molecular weight excluding hydrogens is 414 g/mol. The summed E-state index contributed by atoms with van der Waals surface area (Å²) in [7, 11) is 3.85. The lowest BCUT2D eigenvalue weighted by atomic mass is 10.1. The number of nitriles is 1. The topological polar surface area (TPSA) is 59.4 Å². The number of likely N-dealkylation sites (N-methyl/N-ethyl adjacent to an activating group) is 1. The van der Waals surface area contributed by atoms with Crippen LogP contribution in [0, 0.1) is 17.1 Å². The fraction of sp³-hybridized carbons (Fsp3) is 0.333. The maximum absolute atomic E-state index is 13.8. The Morgan fingerprint density at radius 1 is 1.17 bits per heavy atom. The highest BCUT2D eigenvalue weighted by Crippen LogP contribution is 2.28. The van der Waals surface area contributed by atoms with Crippen LogP contribution in [0.15, 0.2) is 36.4 Å². The first kappa shape index (κ1) is 23.0. The summed E-state index contributed by atoms with van der Waals surface area (Å²) in [6, 6.07) is 10.9. The summed E-state index contributed by atoms with van der Waals surface area (Å²) in [5, 5.41) is 12.0. The summed E-state index contributed by atoms with van der Waals surface area (Å²) in [4.78, 5) is 16.6. The first-order valence-corrected chi connectivity index (χ1v) is 9.80. The summed E-state index contributed by atoms with van der Waals surface area (Å²) in [5.74, 6) is -0.589. The molecule has 0 aliphatic rings. The number of urea groups is 1. The van der Waals surface area contributed by atoms with Crippen molar-refractivity contribution in [3.63, 3.8) is 0 Å². The van der Waals surface area contributed by atoms with Gasteiger partial charge in [-0.25, -0.2) is 9.18 Å². The number of nitrogens with one attached hydrogen (secondary N) is 1. The van der Waals surface area contributed by atoms with Gasteiger partial charge in [-0.05, 0) is 56.4 Å². The number of benzene rings is 2. The smallest absolute Gasteiger partial charge is 0.318 e. The maximum atomic E-state index is 13.8. The number of halogens is 3. The molecule has 8 heteroatoms. The molecule has 0 heterocycles. The van der Waals surface area contributed by atoms with Crippen LogP contribution in [0.1, 0.15) is 29.7 Å². The van der Waals surface area contributed by atoms with E-state index in [2.05, 4.69) is 11.4 Å². The van der Waals surface area contributed by atoms with Gasteiger partial charge in [0.1, 0.15) is 5.82 Å². The van der Waals surface area contributed by atoms with Crippen LogP contribution >= 0.6 is 23.2 Å². The highest BCUT2D eigenvalue weighted by molar-refractivity contribution is 6.35. The highest BCUT2D eigenvalue weighted by atomic mass is 35.5. The first-order valence-electron chi connectivity index (χ1n) is 9.05. The lowest BCUT2D eigenvalue weighted by molar-refractivity contribution is 0.185. The molecule has 2 rings (SSSR count). The predicted octanol–water partition coefficient (Wildman–Crippen LogP) is 4.84. The van der Waals surface area contributed by atoms with Crippen LogP contribution in [0.5, 0.6) is 0 Å². The Balaban J connectivity index is 2.15. The molecule has 0 aromatic heterocycles. The van der Waals surface area contributed by atoms with Gasteiger partial charge in [0.25, 0.3) is 0 Å². The van der Waals surface area contributed by atoms with Crippen molar-refractivity contribution < 1.29 is 9.18 Å². The second-order valence-electron chi connectivity index (χ2n) is 6.99. The Bertz CT molecular complexity index is 897. The molecule has 0 spiro atoms. The van der Waals surface area contributed by atoms with E-state index >= 15 is 0 Å². The van der Waals surface area contributed by atoms with Gasteiger partial charge in [0.05, 0.1) is 22.7 Å². The lowest BCUT2D eigenvalue weighted by Crippen LogP contribution is -2.43. The normalized spacial score (nSPS) is 11.8. The van der Waals surface area contributed by atoms with Gasteiger partial charge in [-0.2, -0.15) is 5.26 Å². The molecule has 29 heavy (non-hydrogen) atoms. The molecule has 0 radical (unpaired) electrons. The lowest BCUT2D eigenvalue weighted by Gasteiger charge is -2.27. The fourth-order valence-electron chi connectivity index (χ4n) is 2.70. The van der Waals surface area contributed by atoms with Crippen LogP contribution in [0.2, 0.25) is 10.0 Å². The van der Waals surface area contributed by atoms with E-state index in [-0.39, 0.29) is 16.1 Å². The van der Waals surface area contributed by atoms with E-state index in [9.17, 15) is 9.18 Å². The molecule has 2 aromatic rings. The van der Waals surface area contributed by atoms with Crippen LogP contribution in [-0.2, 0) is 6.54 Å². The van der Waals surface area contributed by atoms with Crippen LogP contribution in [0.3, 0.4) is 0 Å². The zero-order valence-electron chi connectivity index (χ0n) is 16.5. The molecule has 0 bridgehead atoms. The highest BCUT2D eigenvalue weighted by Gasteiger charge is 2.20. The van der Waals surface area contributed by atoms with Crippen molar-refractivity contribution in [2.75, 3.05) is 27.2 Å². The monoisotopic (exact) mass is 436 g/mol. The fourth-order valence-corrected chi connectivity index (χ4v) is 3.25. The van der Waals surface area contributed by atoms with Crippen molar-refractivity contribution in [1.82, 2.24) is 15.1 Å². The third-order valence-electron chi connectivity index (χ3n) is 4.41. The minimum atomic E-state index is -0.589. The minimum Gasteiger partial charge on any atom is -0.331 e. The summed E-state index contributed by atoms with van der Waals surface area (Å²) < 4.78 is 13.8. The second-order valence-corrected chi connectivity index (χ2v) is 7.81. The number of nitrogens with zero attached hydrogens (tertiary/aromatic N) is 3. The van der Waals surface area contributed by atoms with E-state index in [4.69, 9.17) is 28.5 Å². The zero-order chi connectivity index (χ0) is 21.6. The Labute approximate surface area is 180 Å². The van der Waals surface area contributed by atoms with Crippen LogP contribution in [0.25, 0.3) is 0 Å². The molecule has 2 aromatic carbocycles. The molecule has 1 unspecified atom stereocenters. The van der Waals surface area contributed by atoms with E-state index in [0.29, 0.717) is 30.8 Å². The molecule has 0 saturated heterocycles. The van der Waals surface area contributed by atoms with Gasteiger partial charge in [0, 0.05) is 24.7 Å². The average Bonchev–Trinajstić information content (AvgIpc) is 2.68. The third-order valence-corrected chi connectivity index (χ3v) is 5.02. The molecule has 2 amide bonds. The zero-order valence-corrected chi connectivity index (χ0v) is 18.1. The van der Waals surface area contributed by atoms with E-state index in [1.54, 1.807) is 24.0 Å². The van der Waals surface area contributed by atoms with E-state index in [0.717, 1.165) is 5.56 Å². The Kier molecular flexibility index (Phi) is 8.27. The molecule has 154 valence electrons. The summed E-state index contributed by atoms with van der Waals surface area (Å²) in [6.07, 6.45) is 0. The van der Waals surface area contributed by atoms with Gasteiger partial charge in [-0.3, -0.25) is 0 Å². The van der Waals surface area contributed by atoms with E-state index < -0.39 is 11.9 Å². The molecule has 0 aliphatic heterocycles. The minimum absolute atomic E-state index is 0.0642. The van der Waals surface area contributed by atoms with Gasteiger partial charge in [-0.1, -0.05) is 35.3 Å². The summed E-state index contributed by atoms with van der Waals surface area (Å²) in [6.45, 7) is 3.28. The predicted molar refractivity (Wildman–Crippen MR) is 113 cm³/mol. The number of carbonyl (C=O) groups excluding carboxylic acids is 1. The maximum Gasteiger partial charge on any atom is 0.318 e. The summed E-state index contributed by atoms with van der Waals surface area (Å²) >= 11 is 11.9.